The molecule has 1 aromatic rings. The summed E-state index contributed by atoms with van der Waals surface area (Å²) < 4.78 is 2.19. The molecule has 4 nitrogen and oxygen atoms in total. The van der Waals surface area contributed by atoms with Crippen LogP contribution in [0.3, 0.4) is 0 Å². The fourth-order valence-electron chi connectivity index (χ4n) is 1.40. The van der Waals surface area contributed by atoms with Gasteiger partial charge in [0.15, 0.2) is 0 Å². The third-order valence-electron chi connectivity index (χ3n) is 2.27. The first-order valence-corrected chi connectivity index (χ1v) is 6.24. The third-order valence-corrected chi connectivity index (χ3v) is 2.81. The molecule has 1 aromatic heterocycles. The largest absolute Gasteiger partial charge is 0.315 e. The fourth-order valence-corrected chi connectivity index (χ4v) is 1.71. The van der Waals surface area contributed by atoms with Crippen LogP contribution in [0.15, 0.2) is 15.5 Å². The van der Waals surface area contributed by atoms with Gasteiger partial charge in [-0.25, -0.2) is 4.98 Å². The van der Waals surface area contributed by atoms with E-state index in [0.717, 1.165) is 18.9 Å². The van der Waals surface area contributed by atoms with Crippen LogP contribution in [0.1, 0.15) is 19.7 Å². The fraction of sp³-hybridized carbons (Fsp3) is 0.636. The highest BCUT2D eigenvalue weighted by Gasteiger charge is 2.04. The van der Waals surface area contributed by atoms with E-state index in [1.165, 1.54) is 0 Å². The second kappa shape index (κ2) is 6.15. The molecular weight excluding hydrogens is 270 g/mol. The van der Waals surface area contributed by atoms with Crippen LogP contribution in [-0.2, 0) is 6.54 Å². The SMILES string of the molecule is Cc1ncc(Br)c(=O)n1CCNCC(C)C. The number of aryl methyl sites for hydroxylation is 1. The number of hydrogen-bond acceptors (Lipinski definition) is 3. The first-order chi connectivity index (χ1) is 7.52. The Hall–Kier alpha value is -0.680. The van der Waals surface area contributed by atoms with Crippen LogP contribution in [0.5, 0.6) is 0 Å². The highest BCUT2D eigenvalue weighted by Crippen LogP contribution is 2.00. The minimum Gasteiger partial charge on any atom is -0.315 e. The lowest BCUT2D eigenvalue weighted by Gasteiger charge is -2.11. The van der Waals surface area contributed by atoms with Gasteiger partial charge >= 0.3 is 0 Å². The summed E-state index contributed by atoms with van der Waals surface area (Å²) in [4.78, 5) is 15.9. The summed E-state index contributed by atoms with van der Waals surface area (Å²) in [6.45, 7) is 8.57. The second-order valence-corrected chi connectivity index (χ2v) is 5.06. The van der Waals surface area contributed by atoms with Crippen molar-refractivity contribution in [3.8, 4) is 0 Å². The Morgan fingerprint density at radius 3 is 2.88 bits per heavy atom. The van der Waals surface area contributed by atoms with E-state index in [1.807, 2.05) is 6.92 Å². The summed E-state index contributed by atoms with van der Waals surface area (Å²) in [5.74, 6) is 1.37. The molecule has 1 heterocycles. The third kappa shape index (κ3) is 3.72. The molecule has 5 heteroatoms. The zero-order valence-electron chi connectivity index (χ0n) is 9.96. The monoisotopic (exact) mass is 287 g/mol. The molecule has 0 aromatic carbocycles. The predicted molar refractivity (Wildman–Crippen MR) is 68.6 cm³/mol. The topological polar surface area (TPSA) is 46.9 Å². The van der Waals surface area contributed by atoms with Gasteiger partial charge in [-0.2, -0.15) is 0 Å². The molecule has 0 unspecified atom stereocenters. The smallest absolute Gasteiger partial charge is 0.267 e. The van der Waals surface area contributed by atoms with Crippen LogP contribution >= 0.6 is 15.9 Å². The molecular formula is C11H18BrN3O. The molecule has 90 valence electrons. The van der Waals surface area contributed by atoms with E-state index < -0.39 is 0 Å². The Labute approximate surface area is 104 Å². The molecule has 0 atom stereocenters. The van der Waals surface area contributed by atoms with E-state index >= 15 is 0 Å². The van der Waals surface area contributed by atoms with E-state index in [1.54, 1.807) is 10.8 Å². The van der Waals surface area contributed by atoms with Gasteiger partial charge in [-0.3, -0.25) is 9.36 Å². The van der Waals surface area contributed by atoms with Gasteiger partial charge in [-0.15, -0.1) is 0 Å². The van der Waals surface area contributed by atoms with Crippen LogP contribution in [-0.4, -0.2) is 22.6 Å². The molecule has 0 saturated carbocycles. The molecule has 0 spiro atoms. The van der Waals surface area contributed by atoms with Crippen molar-refractivity contribution in [2.24, 2.45) is 5.92 Å². The van der Waals surface area contributed by atoms with Crippen molar-refractivity contribution in [3.63, 3.8) is 0 Å². The van der Waals surface area contributed by atoms with Crippen LogP contribution in [0.25, 0.3) is 0 Å². The Balaban J connectivity index is 2.60. The standard InChI is InChI=1S/C11H18BrN3O/c1-8(2)6-13-4-5-15-9(3)14-7-10(12)11(15)16/h7-8,13H,4-6H2,1-3H3. The maximum Gasteiger partial charge on any atom is 0.267 e. The molecule has 1 N–H and O–H groups in total. The number of halogens is 1. The zero-order valence-corrected chi connectivity index (χ0v) is 11.5. The minimum absolute atomic E-state index is 0.0150. The van der Waals surface area contributed by atoms with Gasteiger partial charge in [0.2, 0.25) is 0 Å². The lowest BCUT2D eigenvalue weighted by Crippen LogP contribution is -2.31. The van der Waals surface area contributed by atoms with Crippen LogP contribution in [0.4, 0.5) is 0 Å². The van der Waals surface area contributed by atoms with Crippen LogP contribution in [0.2, 0.25) is 0 Å². The Kier molecular flexibility index (Phi) is 5.15. The molecule has 0 aliphatic rings. The molecule has 0 radical (unpaired) electrons. The van der Waals surface area contributed by atoms with Gasteiger partial charge < -0.3 is 5.32 Å². The van der Waals surface area contributed by atoms with Gasteiger partial charge in [0, 0.05) is 19.3 Å². The van der Waals surface area contributed by atoms with Crippen molar-refractivity contribution < 1.29 is 0 Å². The zero-order chi connectivity index (χ0) is 12.1. The summed E-state index contributed by atoms with van der Waals surface area (Å²) in [5, 5.41) is 3.30. The Morgan fingerprint density at radius 1 is 1.56 bits per heavy atom. The first kappa shape index (κ1) is 13.4. The van der Waals surface area contributed by atoms with Crippen molar-refractivity contribution in [1.82, 2.24) is 14.9 Å². The Bertz CT molecular complexity index is 401. The lowest BCUT2D eigenvalue weighted by atomic mass is 10.2. The minimum atomic E-state index is -0.0150. The van der Waals surface area contributed by atoms with Gasteiger partial charge in [0.1, 0.15) is 10.3 Å². The molecule has 0 aliphatic carbocycles. The number of nitrogens with one attached hydrogen (secondary N) is 1. The second-order valence-electron chi connectivity index (χ2n) is 4.21. The number of nitrogens with zero attached hydrogens (tertiary/aromatic N) is 2. The van der Waals surface area contributed by atoms with Crippen LogP contribution in [0, 0.1) is 12.8 Å². The van der Waals surface area contributed by atoms with E-state index in [4.69, 9.17) is 0 Å². The average Bonchev–Trinajstić information content (AvgIpc) is 2.22. The highest BCUT2D eigenvalue weighted by atomic mass is 79.9. The van der Waals surface area contributed by atoms with Crippen molar-refractivity contribution >= 4 is 15.9 Å². The maximum absolute atomic E-state index is 11.8. The lowest BCUT2D eigenvalue weighted by molar-refractivity contribution is 0.511. The van der Waals surface area contributed by atoms with Gasteiger partial charge in [0.05, 0.1) is 0 Å². The summed E-state index contributed by atoms with van der Waals surface area (Å²) >= 11 is 3.20. The van der Waals surface area contributed by atoms with Crippen molar-refractivity contribution in [3.05, 3.63) is 26.8 Å². The van der Waals surface area contributed by atoms with Gasteiger partial charge in [-0.05, 0) is 35.3 Å². The van der Waals surface area contributed by atoms with E-state index in [9.17, 15) is 4.79 Å². The number of rotatable bonds is 5. The maximum atomic E-state index is 11.8. The Morgan fingerprint density at radius 2 is 2.25 bits per heavy atom. The van der Waals surface area contributed by atoms with Gasteiger partial charge in [-0.1, -0.05) is 13.8 Å². The summed E-state index contributed by atoms with van der Waals surface area (Å²) in [7, 11) is 0. The van der Waals surface area contributed by atoms with E-state index in [0.29, 0.717) is 16.9 Å². The normalized spacial score (nSPS) is 11.1. The number of aromatic nitrogens is 2. The molecule has 0 fully saturated rings. The molecule has 16 heavy (non-hydrogen) atoms. The van der Waals surface area contributed by atoms with Crippen LogP contribution < -0.4 is 10.9 Å². The first-order valence-electron chi connectivity index (χ1n) is 5.45. The van der Waals surface area contributed by atoms with Crippen molar-refractivity contribution in [2.45, 2.75) is 27.3 Å². The summed E-state index contributed by atoms with van der Waals surface area (Å²) in [5.41, 5.74) is -0.0150. The summed E-state index contributed by atoms with van der Waals surface area (Å²) in [6, 6.07) is 0. The van der Waals surface area contributed by atoms with Gasteiger partial charge in [0.25, 0.3) is 5.56 Å². The molecule has 0 saturated heterocycles. The van der Waals surface area contributed by atoms with E-state index in [-0.39, 0.29) is 5.56 Å². The van der Waals surface area contributed by atoms with E-state index in [2.05, 4.69) is 40.1 Å². The number of hydrogen-bond donors (Lipinski definition) is 1. The van der Waals surface area contributed by atoms with Crippen molar-refractivity contribution in [2.75, 3.05) is 13.1 Å². The van der Waals surface area contributed by atoms with Crippen molar-refractivity contribution in [1.29, 1.82) is 0 Å². The summed E-state index contributed by atoms with van der Waals surface area (Å²) in [6.07, 6.45) is 1.55. The predicted octanol–water partition coefficient (Wildman–Crippen LogP) is 1.56. The molecule has 0 amide bonds. The molecule has 0 aliphatic heterocycles. The molecule has 1 rings (SSSR count). The molecule has 0 bridgehead atoms. The average molecular weight is 288 g/mol. The quantitative estimate of drug-likeness (QED) is 0.836. The highest BCUT2D eigenvalue weighted by molar-refractivity contribution is 9.10.